The van der Waals surface area contributed by atoms with E-state index in [9.17, 15) is 14.4 Å². The van der Waals surface area contributed by atoms with Crippen molar-refractivity contribution in [3.05, 3.63) is 54.2 Å². The topological polar surface area (TPSA) is 91.8 Å². The highest BCUT2D eigenvalue weighted by atomic mass is 16.5. The van der Waals surface area contributed by atoms with E-state index in [4.69, 9.17) is 4.74 Å². The summed E-state index contributed by atoms with van der Waals surface area (Å²) in [5.74, 6) is -1.15. The van der Waals surface area contributed by atoms with Gasteiger partial charge in [-0.3, -0.25) is 14.4 Å². The molecule has 8 heteroatoms. The largest absolute Gasteiger partial charge is 0.473 e. The number of nitrogens with zero attached hydrogens (tertiary/aromatic N) is 3. The van der Waals surface area contributed by atoms with E-state index >= 15 is 0 Å². The van der Waals surface area contributed by atoms with Gasteiger partial charge < -0.3 is 19.9 Å². The summed E-state index contributed by atoms with van der Waals surface area (Å²) in [6, 6.07) is 13.1. The molecule has 8 nitrogen and oxygen atoms in total. The molecular formula is C20H22N4O4. The van der Waals surface area contributed by atoms with E-state index in [1.165, 1.54) is 16.0 Å². The van der Waals surface area contributed by atoms with E-state index < -0.39 is 11.8 Å². The van der Waals surface area contributed by atoms with Crippen molar-refractivity contribution in [1.82, 2.24) is 14.8 Å². The molecule has 28 heavy (non-hydrogen) atoms. The third-order valence-electron chi connectivity index (χ3n) is 4.36. The van der Waals surface area contributed by atoms with Crippen molar-refractivity contribution in [2.45, 2.75) is 13.5 Å². The highest BCUT2D eigenvalue weighted by molar-refractivity contribution is 6.35. The van der Waals surface area contributed by atoms with Crippen molar-refractivity contribution in [3.63, 3.8) is 0 Å². The van der Waals surface area contributed by atoms with Crippen molar-refractivity contribution >= 4 is 23.4 Å². The van der Waals surface area contributed by atoms with Crippen LogP contribution in [0.4, 0.5) is 5.69 Å². The molecule has 146 valence electrons. The van der Waals surface area contributed by atoms with Crippen LogP contribution >= 0.6 is 0 Å². The molecule has 0 radical (unpaired) electrons. The standard InChI is InChI=1S/C20H22N4O4/c1-2-23-10-11-24(20(27)19(23)26)13-17(25)22-16-8-9-18(21-12-16)28-14-15-6-4-3-5-7-15/h3-9,12H,2,10-11,13-14H2,1H3,(H,22,25). The van der Waals surface area contributed by atoms with Crippen LogP contribution in [-0.4, -0.2) is 58.7 Å². The lowest BCUT2D eigenvalue weighted by Gasteiger charge is -2.32. The van der Waals surface area contributed by atoms with Crippen LogP contribution in [0.2, 0.25) is 0 Å². The molecule has 1 aromatic carbocycles. The second kappa shape index (κ2) is 8.98. The Balaban J connectivity index is 1.49. The molecule has 1 N–H and O–H groups in total. The van der Waals surface area contributed by atoms with Gasteiger partial charge in [0.25, 0.3) is 0 Å². The molecule has 0 atom stereocenters. The molecule has 2 aromatic rings. The Labute approximate surface area is 163 Å². The van der Waals surface area contributed by atoms with Gasteiger partial charge in [-0.2, -0.15) is 0 Å². The summed E-state index contributed by atoms with van der Waals surface area (Å²) >= 11 is 0. The average Bonchev–Trinajstić information content (AvgIpc) is 2.72. The van der Waals surface area contributed by atoms with Gasteiger partial charge in [0.15, 0.2) is 0 Å². The van der Waals surface area contributed by atoms with Crippen LogP contribution in [0.5, 0.6) is 5.88 Å². The first-order chi connectivity index (χ1) is 13.6. The first-order valence-corrected chi connectivity index (χ1v) is 9.07. The van der Waals surface area contributed by atoms with E-state index in [-0.39, 0.29) is 12.5 Å². The predicted molar refractivity (Wildman–Crippen MR) is 102 cm³/mol. The Bertz CT molecular complexity index is 839. The van der Waals surface area contributed by atoms with Gasteiger partial charge in [0.05, 0.1) is 11.9 Å². The second-order valence-corrected chi connectivity index (χ2v) is 6.32. The first kappa shape index (κ1) is 19.3. The van der Waals surface area contributed by atoms with Crippen LogP contribution < -0.4 is 10.1 Å². The van der Waals surface area contributed by atoms with Crippen LogP contribution in [0, 0.1) is 0 Å². The number of likely N-dealkylation sites (N-methyl/N-ethyl adjacent to an activating group) is 1. The van der Waals surface area contributed by atoms with Gasteiger partial charge in [-0.05, 0) is 18.6 Å². The van der Waals surface area contributed by atoms with Crippen LogP contribution in [0.15, 0.2) is 48.7 Å². The number of piperazine rings is 1. The number of pyridine rings is 1. The number of amides is 3. The zero-order chi connectivity index (χ0) is 19.9. The van der Waals surface area contributed by atoms with E-state index in [1.54, 1.807) is 12.1 Å². The Hall–Kier alpha value is -3.42. The SMILES string of the molecule is CCN1CCN(CC(=O)Nc2ccc(OCc3ccccc3)nc2)C(=O)C1=O. The van der Waals surface area contributed by atoms with E-state index in [0.717, 1.165) is 5.56 Å². The molecule has 1 aliphatic rings. The van der Waals surface area contributed by atoms with Crippen LogP contribution in [0.25, 0.3) is 0 Å². The summed E-state index contributed by atoms with van der Waals surface area (Å²) in [4.78, 5) is 43.0. The lowest BCUT2D eigenvalue weighted by atomic mass is 10.2. The fraction of sp³-hybridized carbons (Fsp3) is 0.300. The van der Waals surface area contributed by atoms with Gasteiger partial charge >= 0.3 is 11.8 Å². The number of aromatic nitrogens is 1. The minimum Gasteiger partial charge on any atom is -0.473 e. The summed E-state index contributed by atoms with van der Waals surface area (Å²) in [7, 11) is 0. The number of hydrogen-bond acceptors (Lipinski definition) is 5. The van der Waals surface area contributed by atoms with Gasteiger partial charge in [0, 0.05) is 25.7 Å². The molecule has 3 rings (SSSR count). The van der Waals surface area contributed by atoms with E-state index in [0.29, 0.717) is 37.8 Å². The van der Waals surface area contributed by atoms with E-state index in [2.05, 4.69) is 10.3 Å². The van der Waals surface area contributed by atoms with Crippen molar-refractivity contribution in [2.75, 3.05) is 31.5 Å². The molecular weight excluding hydrogens is 360 g/mol. The molecule has 1 saturated heterocycles. The molecule has 1 aromatic heterocycles. The molecule has 1 fully saturated rings. The zero-order valence-electron chi connectivity index (χ0n) is 15.6. The smallest absolute Gasteiger partial charge is 0.312 e. The second-order valence-electron chi connectivity index (χ2n) is 6.32. The molecule has 3 amide bonds. The van der Waals surface area contributed by atoms with Crippen molar-refractivity contribution < 1.29 is 19.1 Å². The minimum atomic E-state index is -0.647. The average molecular weight is 382 g/mol. The fourth-order valence-corrected chi connectivity index (χ4v) is 2.81. The Morgan fingerprint density at radius 3 is 2.46 bits per heavy atom. The Kier molecular flexibility index (Phi) is 6.21. The van der Waals surface area contributed by atoms with Crippen LogP contribution in [-0.2, 0) is 21.0 Å². The molecule has 0 aliphatic carbocycles. The number of anilines is 1. The maximum absolute atomic E-state index is 12.2. The minimum absolute atomic E-state index is 0.172. The maximum Gasteiger partial charge on any atom is 0.312 e. The normalized spacial score (nSPS) is 14.2. The first-order valence-electron chi connectivity index (χ1n) is 9.07. The number of nitrogens with one attached hydrogen (secondary N) is 1. The summed E-state index contributed by atoms with van der Waals surface area (Å²) in [5, 5.41) is 2.68. The number of hydrogen-bond donors (Lipinski definition) is 1. The number of benzene rings is 1. The maximum atomic E-state index is 12.2. The molecule has 0 saturated carbocycles. The molecule has 2 heterocycles. The summed E-state index contributed by atoms with van der Waals surface area (Å²) in [5.41, 5.74) is 1.52. The van der Waals surface area contributed by atoms with Crippen molar-refractivity contribution in [2.24, 2.45) is 0 Å². The predicted octanol–water partition coefficient (Wildman–Crippen LogP) is 1.29. The quantitative estimate of drug-likeness (QED) is 0.729. The Morgan fingerprint density at radius 2 is 1.79 bits per heavy atom. The van der Waals surface area contributed by atoms with Gasteiger partial charge in [0.1, 0.15) is 13.2 Å². The highest BCUT2D eigenvalue weighted by Crippen LogP contribution is 2.14. The van der Waals surface area contributed by atoms with Crippen LogP contribution in [0.3, 0.4) is 0 Å². The third kappa shape index (κ3) is 4.85. The number of rotatable bonds is 7. The molecule has 0 bridgehead atoms. The van der Waals surface area contributed by atoms with Crippen molar-refractivity contribution in [3.8, 4) is 5.88 Å². The number of carbonyl (C=O) groups excluding carboxylic acids is 3. The van der Waals surface area contributed by atoms with E-state index in [1.807, 2.05) is 37.3 Å². The third-order valence-corrected chi connectivity index (χ3v) is 4.36. The van der Waals surface area contributed by atoms with Gasteiger partial charge in [0.2, 0.25) is 11.8 Å². The van der Waals surface area contributed by atoms with Gasteiger partial charge in [-0.25, -0.2) is 4.98 Å². The number of carbonyl (C=O) groups is 3. The Morgan fingerprint density at radius 1 is 1.07 bits per heavy atom. The molecule has 1 aliphatic heterocycles. The lowest BCUT2D eigenvalue weighted by Crippen LogP contribution is -2.55. The van der Waals surface area contributed by atoms with Crippen LogP contribution in [0.1, 0.15) is 12.5 Å². The summed E-state index contributed by atoms with van der Waals surface area (Å²) < 4.78 is 5.60. The lowest BCUT2D eigenvalue weighted by molar-refractivity contribution is -0.156. The molecule has 0 spiro atoms. The molecule has 0 unspecified atom stereocenters. The van der Waals surface area contributed by atoms with Gasteiger partial charge in [-0.1, -0.05) is 30.3 Å². The summed E-state index contributed by atoms with van der Waals surface area (Å²) in [6.45, 7) is 3.30. The van der Waals surface area contributed by atoms with Gasteiger partial charge in [-0.15, -0.1) is 0 Å². The monoisotopic (exact) mass is 382 g/mol. The number of ether oxygens (including phenoxy) is 1. The fourth-order valence-electron chi connectivity index (χ4n) is 2.81. The van der Waals surface area contributed by atoms with Crippen molar-refractivity contribution in [1.29, 1.82) is 0 Å². The highest BCUT2D eigenvalue weighted by Gasteiger charge is 2.32. The zero-order valence-corrected chi connectivity index (χ0v) is 15.6. The summed E-state index contributed by atoms with van der Waals surface area (Å²) in [6.07, 6.45) is 1.49.